The minimum Gasteiger partial charge on any atom is -0.298 e. The van der Waals surface area contributed by atoms with Gasteiger partial charge in [0.05, 0.1) is 5.69 Å². The van der Waals surface area contributed by atoms with E-state index < -0.39 is 0 Å². The number of nitrogens with two attached hydrogens (primary N) is 1. The van der Waals surface area contributed by atoms with E-state index in [4.69, 9.17) is 5.84 Å². The number of nitrogens with zero attached hydrogens (tertiary/aromatic N) is 1. The van der Waals surface area contributed by atoms with Gasteiger partial charge in [-0.25, -0.2) is 5.84 Å². The maximum absolute atomic E-state index is 5.82. The highest BCUT2D eigenvalue weighted by Gasteiger charge is 2.23. The van der Waals surface area contributed by atoms with Crippen molar-refractivity contribution < 1.29 is 0 Å². The van der Waals surface area contributed by atoms with Crippen LogP contribution in [0.15, 0.2) is 24.3 Å². The molecule has 1 atom stereocenters. The number of alkyl halides is 1. The predicted octanol–water partition coefficient (Wildman–Crippen LogP) is 1.68. The molecule has 1 aromatic rings. The smallest absolute Gasteiger partial charge is 0.100 e. The molecule has 2 nitrogen and oxygen atoms in total. The van der Waals surface area contributed by atoms with Crippen molar-refractivity contribution >= 4 is 28.3 Å². The summed E-state index contributed by atoms with van der Waals surface area (Å²) in [5.74, 6) is 5.82. The first-order valence-corrected chi connectivity index (χ1v) is 4.79. The van der Waals surface area contributed by atoms with Crippen LogP contribution < -0.4 is 10.9 Å². The van der Waals surface area contributed by atoms with E-state index in [0.29, 0.717) is 4.05 Å². The van der Waals surface area contributed by atoms with E-state index in [1.165, 1.54) is 11.3 Å². The van der Waals surface area contributed by atoms with Crippen LogP contribution in [0.4, 0.5) is 5.69 Å². The third kappa shape index (κ3) is 1.12. The zero-order valence-corrected chi connectivity index (χ0v) is 8.15. The van der Waals surface area contributed by atoms with E-state index in [9.17, 15) is 0 Å². The Balaban J connectivity index is 2.47. The Bertz CT molecular complexity index is 275. The van der Waals surface area contributed by atoms with Crippen LogP contribution in [0.25, 0.3) is 0 Å². The van der Waals surface area contributed by atoms with Crippen molar-refractivity contribution in [1.82, 2.24) is 0 Å². The van der Waals surface area contributed by atoms with Gasteiger partial charge in [-0.1, -0.05) is 40.8 Å². The van der Waals surface area contributed by atoms with Crippen LogP contribution in [0, 0.1) is 0 Å². The van der Waals surface area contributed by atoms with E-state index >= 15 is 0 Å². The van der Waals surface area contributed by atoms with Gasteiger partial charge in [0.25, 0.3) is 0 Å². The van der Waals surface area contributed by atoms with E-state index in [1.54, 1.807) is 0 Å². The molecule has 0 saturated carbocycles. The molecule has 1 aliphatic rings. The fraction of sp³-hybridized carbons (Fsp3) is 0.250. The minimum atomic E-state index is 0.421. The monoisotopic (exact) mass is 260 g/mol. The molecule has 58 valence electrons. The van der Waals surface area contributed by atoms with Gasteiger partial charge in [-0.3, -0.25) is 5.01 Å². The van der Waals surface area contributed by atoms with Crippen molar-refractivity contribution in [2.75, 3.05) is 5.01 Å². The van der Waals surface area contributed by atoms with Crippen LogP contribution in [0.5, 0.6) is 0 Å². The minimum absolute atomic E-state index is 0.421. The van der Waals surface area contributed by atoms with Gasteiger partial charge >= 0.3 is 0 Å². The lowest BCUT2D eigenvalue weighted by Gasteiger charge is -2.15. The Hall–Kier alpha value is -0.290. The first-order valence-electron chi connectivity index (χ1n) is 3.55. The summed E-state index contributed by atoms with van der Waals surface area (Å²) < 4.78 is 0.421. The lowest BCUT2D eigenvalue weighted by molar-refractivity contribution is 0.863. The molecular weight excluding hydrogens is 251 g/mol. The lowest BCUT2D eigenvalue weighted by atomic mass is 10.2. The molecule has 1 aliphatic heterocycles. The van der Waals surface area contributed by atoms with Crippen LogP contribution in [0.1, 0.15) is 5.56 Å². The Labute approximate surface area is 79.5 Å². The number of benzene rings is 1. The Kier molecular flexibility index (Phi) is 1.77. The molecule has 0 aromatic heterocycles. The van der Waals surface area contributed by atoms with Crippen LogP contribution in [0.2, 0.25) is 0 Å². The normalized spacial score (nSPS) is 22.0. The molecule has 0 bridgehead atoms. The summed E-state index contributed by atoms with van der Waals surface area (Å²) in [6, 6.07) is 8.27. The Morgan fingerprint density at radius 1 is 1.45 bits per heavy atom. The molecule has 0 amide bonds. The summed E-state index contributed by atoms with van der Waals surface area (Å²) in [5, 5.41) is 1.83. The van der Waals surface area contributed by atoms with Crippen molar-refractivity contribution in [2.45, 2.75) is 10.5 Å². The summed E-state index contributed by atoms with van der Waals surface area (Å²) in [6.45, 7) is 0. The van der Waals surface area contributed by atoms with Gasteiger partial charge in [0, 0.05) is 6.42 Å². The molecule has 0 spiro atoms. The highest BCUT2D eigenvalue weighted by atomic mass is 127. The van der Waals surface area contributed by atoms with Gasteiger partial charge < -0.3 is 0 Å². The fourth-order valence-corrected chi connectivity index (χ4v) is 2.14. The maximum Gasteiger partial charge on any atom is 0.100 e. The summed E-state index contributed by atoms with van der Waals surface area (Å²) in [4.78, 5) is 0. The number of hydrazine groups is 1. The molecular formula is C8H9IN2. The first kappa shape index (κ1) is 7.36. The molecule has 1 aromatic carbocycles. The third-order valence-corrected chi connectivity index (χ3v) is 3.00. The van der Waals surface area contributed by atoms with Crippen molar-refractivity contribution in [3.8, 4) is 0 Å². The molecule has 2 N–H and O–H groups in total. The van der Waals surface area contributed by atoms with Crippen LogP contribution in [-0.2, 0) is 6.42 Å². The average Bonchev–Trinajstić information content (AvgIpc) is 2.30. The molecule has 0 fully saturated rings. The summed E-state index contributed by atoms with van der Waals surface area (Å²) in [6.07, 6.45) is 1.06. The molecule has 0 aliphatic carbocycles. The van der Waals surface area contributed by atoms with Crippen molar-refractivity contribution in [2.24, 2.45) is 5.84 Å². The molecule has 1 unspecified atom stereocenters. The number of rotatable bonds is 0. The fourth-order valence-electron chi connectivity index (χ4n) is 1.37. The molecule has 1 heterocycles. The van der Waals surface area contributed by atoms with Crippen molar-refractivity contribution in [3.63, 3.8) is 0 Å². The van der Waals surface area contributed by atoms with E-state index in [0.717, 1.165) is 6.42 Å². The predicted molar refractivity (Wildman–Crippen MR) is 54.6 cm³/mol. The van der Waals surface area contributed by atoms with Crippen LogP contribution >= 0.6 is 22.6 Å². The molecule has 2 rings (SSSR count). The van der Waals surface area contributed by atoms with E-state index in [2.05, 4.69) is 40.8 Å². The van der Waals surface area contributed by atoms with Crippen LogP contribution in [0.3, 0.4) is 0 Å². The lowest BCUT2D eigenvalue weighted by Crippen LogP contribution is -2.33. The maximum atomic E-state index is 5.82. The van der Waals surface area contributed by atoms with Gasteiger partial charge in [-0.2, -0.15) is 0 Å². The quantitative estimate of drug-likeness (QED) is 0.333. The molecule has 0 radical (unpaired) electrons. The van der Waals surface area contributed by atoms with Gasteiger partial charge in [0.15, 0.2) is 0 Å². The second-order valence-corrected chi connectivity index (χ2v) is 4.11. The second kappa shape index (κ2) is 2.64. The largest absolute Gasteiger partial charge is 0.298 e. The second-order valence-electron chi connectivity index (χ2n) is 2.67. The summed E-state index contributed by atoms with van der Waals surface area (Å²) >= 11 is 2.35. The third-order valence-electron chi connectivity index (χ3n) is 1.96. The van der Waals surface area contributed by atoms with Gasteiger partial charge in [0.1, 0.15) is 4.05 Å². The number of fused-ring (bicyclic) bond motifs is 1. The summed E-state index contributed by atoms with van der Waals surface area (Å²) in [7, 11) is 0. The number of halogens is 1. The average molecular weight is 260 g/mol. The highest BCUT2D eigenvalue weighted by Crippen LogP contribution is 2.31. The van der Waals surface area contributed by atoms with Crippen molar-refractivity contribution in [3.05, 3.63) is 29.8 Å². The van der Waals surface area contributed by atoms with E-state index in [-0.39, 0.29) is 0 Å². The highest BCUT2D eigenvalue weighted by molar-refractivity contribution is 14.1. The Morgan fingerprint density at radius 2 is 2.18 bits per heavy atom. The zero-order valence-electron chi connectivity index (χ0n) is 6.00. The van der Waals surface area contributed by atoms with E-state index in [1.807, 2.05) is 11.1 Å². The standard InChI is InChI=1S/C8H9IN2/c9-8-5-6-3-1-2-4-7(6)11(8)10/h1-4,8H,5,10H2. The zero-order chi connectivity index (χ0) is 7.84. The SMILES string of the molecule is NN1c2ccccc2CC1I. The van der Waals surface area contributed by atoms with Gasteiger partial charge in [-0.15, -0.1) is 0 Å². The van der Waals surface area contributed by atoms with Crippen molar-refractivity contribution in [1.29, 1.82) is 0 Å². The molecule has 0 saturated heterocycles. The number of hydrogen-bond donors (Lipinski definition) is 1. The first-order chi connectivity index (χ1) is 5.29. The number of para-hydroxylation sites is 1. The topological polar surface area (TPSA) is 29.3 Å². The van der Waals surface area contributed by atoms with Gasteiger partial charge in [-0.05, 0) is 11.6 Å². The van der Waals surface area contributed by atoms with Crippen LogP contribution in [-0.4, -0.2) is 4.05 Å². The number of hydrogen-bond acceptors (Lipinski definition) is 2. The number of anilines is 1. The summed E-state index contributed by atoms with van der Waals surface area (Å²) in [5.41, 5.74) is 2.53. The van der Waals surface area contributed by atoms with Gasteiger partial charge in [0.2, 0.25) is 0 Å². The Morgan fingerprint density at radius 3 is 2.91 bits per heavy atom. The molecule has 11 heavy (non-hydrogen) atoms. The molecule has 3 heteroatoms.